The summed E-state index contributed by atoms with van der Waals surface area (Å²) >= 11 is 0. The molecule has 0 unspecified atom stereocenters. The molecule has 0 atom stereocenters. The molecule has 0 aliphatic rings. The second-order valence-corrected chi connectivity index (χ2v) is 9.89. The van der Waals surface area contributed by atoms with Crippen molar-refractivity contribution in [2.75, 3.05) is 13.2 Å². The summed E-state index contributed by atoms with van der Waals surface area (Å²) in [5.74, 6) is 0. The quantitative estimate of drug-likeness (QED) is 0.112. The molecule has 0 aromatic heterocycles. The van der Waals surface area contributed by atoms with Crippen molar-refractivity contribution in [3.05, 3.63) is 0 Å². The fraction of sp³-hybridized carbons (Fsp3) is 1.00. The van der Waals surface area contributed by atoms with E-state index in [1.807, 2.05) is 0 Å². The Morgan fingerprint density at radius 1 is 0.500 bits per heavy atom. The van der Waals surface area contributed by atoms with Crippen molar-refractivity contribution < 1.29 is 48.1 Å². The molecule has 0 N–H and O–H groups in total. The Hall–Kier alpha value is 1.11. The van der Waals surface area contributed by atoms with Gasteiger partial charge in [-0.05, 0) is 12.8 Å². The first-order chi connectivity index (χ1) is 14.1. The van der Waals surface area contributed by atoms with Gasteiger partial charge in [-0.3, -0.25) is 4.57 Å². The Morgan fingerprint density at radius 2 is 0.733 bits per heavy atom. The van der Waals surface area contributed by atoms with Gasteiger partial charge in [-0.2, -0.15) is 0 Å². The number of hydrogen-bond acceptors (Lipinski definition) is 4. The van der Waals surface area contributed by atoms with E-state index in [1.54, 1.807) is 0 Å². The standard InChI is InChI=1S/C24H51O4P.Na/c1-3-5-7-9-11-13-15-17-19-21-23-27-29(25,26)28-24-22-20-18-16-14-12-10-8-6-4-2;/h3-24H2,1-2H3,(H,25,26);/q;+1/p-1. The summed E-state index contributed by atoms with van der Waals surface area (Å²) in [5, 5.41) is 0. The number of unbranched alkanes of at least 4 members (excludes halogenated alkanes) is 18. The first-order valence-electron chi connectivity index (χ1n) is 12.7. The van der Waals surface area contributed by atoms with E-state index < -0.39 is 7.82 Å². The molecule has 0 spiro atoms. The topological polar surface area (TPSA) is 58.6 Å². The molecular formula is C24H50NaO4P. The van der Waals surface area contributed by atoms with E-state index in [1.165, 1.54) is 103 Å². The van der Waals surface area contributed by atoms with Crippen LogP contribution < -0.4 is 34.5 Å². The first kappa shape index (κ1) is 33.3. The summed E-state index contributed by atoms with van der Waals surface area (Å²) in [5.41, 5.74) is 0. The largest absolute Gasteiger partial charge is 1.00 e. The summed E-state index contributed by atoms with van der Waals surface area (Å²) in [7, 11) is -4.10. The van der Waals surface area contributed by atoms with Crippen molar-refractivity contribution in [2.24, 2.45) is 0 Å². The summed E-state index contributed by atoms with van der Waals surface area (Å²) in [6, 6.07) is 0. The molecule has 0 saturated carbocycles. The minimum absolute atomic E-state index is 0. The van der Waals surface area contributed by atoms with Gasteiger partial charge in [0.05, 0.1) is 13.2 Å². The molecule has 0 rings (SSSR count). The molecule has 4 nitrogen and oxygen atoms in total. The molecule has 0 radical (unpaired) electrons. The Labute approximate surface area is 210 Å². The van der Waals surface area contributed by atoms with Crippen LogP contribution in [0.4, 0.5) is 0 Å². The summed E-state index contributed by atoms with van der Waals surface area (Å²) in [6.07, 6.45) is 24.5. The maximum absolute atomic E-state index is 11.7. The van der Waals surface area contributed by atoms with E-state index in [2.05, 4.69) is 13.8 Å². The van der Waals surface area contributed by atoms with Crippen LogP contribution in [0.1, 0.15) is 142 Å². The van der Waals surface area contributed by atoms with Gasteiger partial charge < -0.3 is 13.9 Å². The third-order valence-electron chi connectivity index (χ3n) is 5.49. The minimum Gasteiger partial charge on any atom is -0.756 e. The van der Waals surface area contributed by atoms with Crippen molar-refractivity contribution >= 4 is 7.82 Å². The minimum atomic E-state index is -4.10. The molecule has 6 heteroatoms. The van der Waals surface area contributed by atoms with E-state index in [0.717, 1.165) is 25.7 Å². The predicted octanol–water partition coefficient (Wildman–Crippen LogP) is 5.33. The Bertz CT molecular complexity index is 339. The monoisotopic (exact) mass is 456 g/mol. The number of rotatable bonds is 24. The van der Waals surface area contributed by atoms with Crippen LogP contribution in [0, 0.1) is 0 Å². The van der Waals surface area contributed by atoms with Crippen LogP contribution in [-0.4, -0.2) is 13.2 Å². The average molecular weight is 457 g/mol. The fourth-order valence-electron chi connectivity index (χ4n) is 3.57. The van der Waals surface area contributed by atoms with Crippen LogP contribution in [0.3, 0.4) is 0 Å². The van der Waals surface area contributed by atoms with Gasteiger partial charge >= 0.3 is 29.6 Å². The molecule has 0 bridgehead atoms. The molecule has 0 aliphatic heterocycles. The van der Waals surface area contributed by atoms with Crippen molar-refractivity contribution in [1.82, 2.24) is 0 Å². The molecular weight excluding hydrogens is 406 g/mol. The van der Waals surface area contributed by atoms with Crippen molar-refractivity contribution in [3.8, 4) is 0 Å². The van der Waals surface area contributed by atoms with Gasteiger partial charge in [0.25, 0.3) is 7.82 Å². The Kier molecular flexibility index (Phi) is 29.2. The third kappa shape index (κ3) is 27.1. The molecule has 0 saturated heterocycles. The molecule has 0 heterocycles. The van der Waals surface area contributed by atoms with Crippen molar-refractivity contribution in [1.29, 1.82) is 0 Å². The number of hydrogen-bond donors (Lipinski definition) is 0. The summed E-state index contributed by atoms with van der Waals surface area (Å²) < 4.78 is 21.7. The summed E-state index contributed by atoms with van der Waals surface area (Å²) in [4.78, 5) is 11.7. The predicted molar refractivity (Wildman–Crippen MR) is 123 cm³/mol. The second kappa shape index (κ2) is 26.4. The molecule has 30 heavy (non-hydrogen) atoms. The molecule has 176 valence electrons. The fourth-order valence-corrected chi connectivity index (χ4v) is 4.35. The van der Waals surface area contributed by atoms with E-state index in [9.17, 15) is 9.46 Å². The average Bonchev–Trinajstić information content (AvgIpc) is 2.70. The molecule has 0 aromatic carbocycles. The second-order valence-electron chi connectivity index (χ2n) is 8.48. The van der Waals surface area contributed by atoms with Crippen LogP contribution in [0.25, 0.3) is 0 Å². The first-order valence-corrected chi connectivity index (χ1v) is 14.2. The maximum Gasteiger partial charge on any atom is 1.00 e. The molecule has 0 aliphatic carbocycles. The van der Waals surface area contributed by atoms with Crippen LogP contribution >= 0.6 is 7.82 Å². The van der Waals surface area contributed by atoms with Crippen molar-refractivity contribution in [2.45, 2.75) is 142 Å². The van der Waals surface area contributed by atoms with Gasteiger partial charge in [-0.25, -0.2) is 0 Å². The van der Waals surface area contributed by atoms with Gasteiger partial charge in [-0.15, -0.1) is 0 Å². The smallest absolute Gasteiger partial charge is 0.756 e. The third-order valence-corrected chi connectivity index (χ3v) is 6.49. The van der Waals surface area contributed by atoms with Crippen LogP contribution in [0.2, 0.25) is 0 Å². The molecule has 0 aromatic rings. The van der Waals surface area contributed by atoms with E-state index in [0.29, 0.717) is 0 Å². The zero-order valence-electron chi connectivity index (χ0n) is 20.6. The van der Waals surface area contributed by atoms with Gasteiger partial charge in [0.1, 0.15) is 0 Å². The zero-order valence-corrected chi connectivity index (χ0v) is 23.5. The van der Waals surface area contributed by atoms with Gasteiger partial charge in [0, 0.05) is 0 Å². The SMILES string of the molecule is CCCCCCCCCCCCOP(=O)([O-])OCCCCCCCCCCCC.[Na+]. The zero-order chi connectivity index (χ0) is 21.5. The van der Waals surface area contributed by atoms with Gasteiger partial charge in [-0.1, -0.05) is 129 Å². The maximum atomic E-state index is 11.7. The Balaban J connectivity index is 0. The normalized spacial score (nSPS) is 11.6. The van der Waals surface area contributed by atoms with Crippen LogP contribution in [-0.2, 0) is 13.6 Å². The summed E-state index contributed by atoms with van der Waals surface area (Å²) in [6.45, 7) is 5.00. The Morgan fingerprint density at radius 3 is 1.00 bits per heavy atom. The molecule has 0 amide bonds. The van der Waals surface area contributed by atoms with Crippen molar-refractivity contribution in [3.63, 3.8) is 0 Å². The van der Waals surface area contributed by atoms with E-state index in [4.69, 9.17) is 9.05 Å². The van der Waals surface area contributed by atoms with Crippen LogP contribution in [0.5, 0.6) is 0 Å². The van der Waals surface area contributed by atoms with Gasteiger partial charge in [0.2, 0.25) is 0 Å². The van der Waals surface area contributed by atoms with E-state index >= 15 is 0 Å². The number of phosphoric ester groups is 1. The van der Waals surface area contributed by atoms with Crippen LogP contribution in [0.15, 0.2) is 0 Å². The number of phosphoric acid groups is 1. The van der Waals surface area contributed by atoms with Gasteiger partial charge in [0.15, 0.2) is 0 Å². The van der Waals surface area contributed by atoms with E-state index in [-0.39, 0.29) is 42.8 Å². The molecule has 0 fully saturated rings.